The molecule has 2 saturated carbocycles. The summed E-state index contributed by atoms with van der Waals surface area (Å²) in [5.41, 5.74) is 0.0972. The summed E-state index contributed by atoms with van der Waals surface area (Å²) in [6.07, 6.45) is 8.79. The van der Waals surface area contributed by atoms with E-state index in [1.807, 2.05) is 13.0 Å². The quantitative estimate of drug-likeness (QED) is 0.876. The van der Waals surface area contributed by atoms with Crippen LogP contribution >= 0.6 is 0 Å². The third-order valence-electron chi connectivity index (χ3n) is 4.78. The Labute approximate surface area is 131 Å². The van der Waals surface area contributed by atoms with Gasteiger partial charge in [0.25, 0.3) is 0 Å². The molecule has 0 saturated heterocycles. The van der Waals surface area contributed by atoms with E-state index in [0.717, 1.165) is 50.6 Å². The molecule has 0 aromatic carbocycles. The van der Waals surface area contributed by atoms with Gasteiger partial charge in [0.05, 0.1) is 18.1 Å². The number of rotatable bonds is 5. The summed E-state index contributed by atoms with van der Waals surface area (Å²) in [6.45, 7) is 1.93. The fraction of sp³-hybridized carbons (Fsp3) is 0.706. The number of amides is 1. The second-order valence-corrected chi connectivity index (χ2v) is 6.90. The van der Waals surface area contributed by atoms with Crippen LogP contribution in [0.1, 0.15) is 68.9 Å². The lowest BCUT2D eigenvalue weighted by Crippen LogP contribution is -2.40. The lowest BCUT2D eigenvalue weighted by atomic mass is 9.82. The molecule has 2 aliphatic rings. The molecule has 2 aliphatic carbocycles. The second kappa shape index (κ2) is 6.32. The number of nitrogens with one attached hydrogen (secondary N) is 1. The third kappa shape index (κ3) is 3.83. The first-order valence-electron chi connectivity index (χ1n) is 8.37. The summed E-state index contributed by atoms with van der Waals surface area (Å²) >= 11 is 0. The minimum absolute atomic E-state index is 0.0774. The van der Waals surface area contributed by atoms with Crippen molar-refractivity contribution in [2.45, 2.75) is 69.9 Å². The maximum absolute atomic E-state index is 12.4. The van der Waals surface area contributed by atoms with E-state index in [1.165, 1.54) is 0 Å². The normalized spacial score (nSPS) is 22.1. The van der Waals surface area contributed by atoms with E-state index in [1.54, 1.807) is 6.20 Å². The van der Waals surface area contributed by atoms with Crippen molar-refractivity contribution < 1.29 is 9.90 Å². The van der Waals surface area contributed by atoms with Crippen LogP contribution < -0.4 is 5.32 Å². The van der Waals surface area contributed by atoms with Crippen LogP contribution in [0.15, 0.2) is 12.3 Å². The standard InChI is InChI=1S/C17H25N3O2/c1-12-7-10-18-16(19-12)15(13-5-6-13)20-14(21)11-17(22)8-3-2-4-9-17/h7,10,13,15,22H,2-6,8-9,11H2,1H3,(H,20,21). The summed E-state index contributed by atoms with van der Waals surface area (Å²) < 4.78 is 0. The van der Waals surface area contributed by atoms with Gasteiger partial charge in [-0.15, -0.1) is 0 Å². The van der Waals surface area contributed by atoms with E-state index in [2.05, 4.69) is 15.3 Å². The minimum atomic E-state index is -0.816. The Balaban J connectivity index is 1.65. The summed E-state index contributed by atoms with van der Waals surface area (Å²) in [4.78, 5) is 21.2. The SMILES string of the molecule is Cc1ccnc(C(NC(=O)CC2(O)CCCCC2)C2CC2)n1. The van der Waals surface area contributed by atoms with Crippen molar-refractivity contribution in [1.82, 2.24) is 15.3 Å². The number of aliphatic hydroxyl groups is 1. The van der Waals surface area contributed by atoms with Crippen molar-refractivity contribution in [2.75, 3.05) is 0 Å². The lowest BCUT2D eigenvalue weighted by Gasteiger charge is -2.32. The van der Waals surface area contributed by atoms with Gasteiger partial charge < -0.3 is 10.4 Å². The molecule has 0 aliphatic heterocycles. The van der Waals surface area contributed by atoms with Crippen molar-refractivity contribution in [3.63, 3.8) is 0 Å². The minimum Gasteiger partial charge on any atom is -0.389 e. The predicted molar refractivity (Wildman–Crippen MR) is 83.0 cm³/mol. The van der Waals surface area contributed by atoms with Crippen molar-refractivity contribution in [2.24, 2.45) is 5.92 Å². The molecule has 1 aromatic heterocycles. The van der Waals surface area contributed by atoms with Crippen LogP contribution in [0.4, 0.5) is 0 Å². The highest BCUT2D eigenvalue weighted by molar-refractivity contribution is 5.77. The highest BCUT2D eigenvalue weighted by Gasteiger charge is 2.37. The summed E-state index contributed by atoms with van der Waals surface area (Å²) in [5.74, 6) is 1.06. The van der Waals surface area contributed by atoms with Crippen LogP contribution in [0.2, 0.25) is 0 Å². The molecule has 1 atom stereocenters. The first kappa shape index (κ1) is 15.4. The predicted octanol–water partition coefficient (Wildman–Crippen LogP) is 2.44. The monoisotopic (exact) mass is 303 g/mol. The van der Waals surface area contributed by atoms with Gasteiger partial charge >= 0.3 is 0 Å². The fourth-order valence-electron chi connectivity index (χ4n) is 3.35. The zero-order valence-electron chi connectivity index (χ0n) is 13.2. The molecule has 2 fully saturated rings. The van der Waals surface area contributed by atoms with Gasteiger partial charge in [0.15, 0.2) is 5.82 Å². The van der Waals surface area contributed by atoms with E-state index >= 15 is 0 Å². The zero-order valence-corrected chi connectivity index (χ0v) is 13.2. The zero-order chi connectivity index (χ0) is 15.6. The van der Waals surface area contributed by atoms with Crippen molar-refractivity contribution in [3.05, 3.63) is 23.8 Å². The van der Waals surface area contributed by atoms with Gasteiger partial charge in [-0.05, 0) is 44.6 Å². The van der Waals surface area contributed by atoms with Gasteiger partial charge in [-0.25, -0.2) is 9.97 Å². The molecule has 0 radical (unpaired) electrons. The first-order valence-corrected chi connectivity index (χ1v) is 8.37. The molecule has 1 aromatic rings. The average Bonchev–Trinajstić information content (AvgIpc) is 3.29. The number of hydrogen-bond acceptors (Lipinski definition) is 4. The van der Waals surface area contributed by atoms with Crippen LogP contribution in [0.25, 0.3) is 0 Å². The largest absolute Gasteiger partial charge is 0.389 e. The highest BCUT2D eigenvalue weighted by Crippen LogP contribution is 2.40. The van der Waals surface area contributed by atoms with Crippen molar-refractivity contribution >= 4 is 5.91 Å². The van der Waals surface area contributed by atoms with Gasteiger partial charge in [0, 0.05) is 11.9 Å². The van der Waals surface area contributed by atoms with Crippen LogP contribution in [0.5, 0.6) is 0 Å². The van der Waals surface area contributed by atoms with E-state index in [4.69, 9.17) is 0 Å². The van der Waals surface area contributed by atoms with Gasteiger partial charge in [0.2, 0.25) is 5.91 Å². The van der Waals surface area contributed by atoms with Crippen molar-refractivity contribution in [3.8, 4) is 0 Å². The maximum Gasteiger partial charge on any atom is 0.223 e. The molecule has 1 unspecified atom stereocenters. The van der Waals surface area contributed by atoms with E-state index in [0.29, 0.717) is 11.7 Å². The van der Waals surface area contributed by atoms with Gasteiger partial charge in [-0.2, -0.15) is 0 Å². The summed E-state index contributed by atoms with van der Waals surface area (Å²) in [6, 6.07) is 1.75. The van der Waals surface area contributed by atoms with Crippen LogP contribution in [-0.2, 0) is 4.79 Å². The Morgan fingerprint density at radius 1 is 1.41 bits per heavy atom. The van der Waals surface area contributed by atoms with Crippen LogP contribution in [0.3, 0.4) is 0 Å². The Bertz CT molecular complexity index is 536. The van der Waals surface area contributed by atoms with Gasteiger partial charge in [0.1, 0.15) is 0 Å². The smallest absolute Gasteiger partial charge is 0.223 e. The lowest BCUT2D eigenvalue weighted by molar-refractivity contribution is -0.128. The first-order chi connectivity index (χ1) is 10.6. The Morgan fingerprint density at radius 3 is 2.77 bits per heavy atom. The molecule has 120 valence electrons. The molecule has 2 N–H and O–H groups in total. The molecular formula is C17H25N3O2. The number of aryl methyl sites for hydroxylation is 1. The molecule has 3 rings (SSSR count). The maximum atomic E-state index is 12.4. The average molecular weight is 303 g/mol. The topological polar surface area (TPSA) is 75.1 Å². The summed E-state index contributed by atoms with van der Waals surface area (Å²) in [7, 11) is 0. The van der Waals surface area contributed by atoms with Crippen LogP contribution in [0, 0.1) is 12.8 Å². The third-order valence-corrected chi connectivity index (χ3v) is 4.78. The van der Waals surface area contributed by atoms with Crippen LogP contribution in [-0.4, -0.2) is 26.6 Å². The number of nitrogens with zero attached hydrogens (tertiary/aromatic N) is 2. The molecule has 1 heterocycles. The molecule has 5 heteroatoms. The molecule has 1 amide bonds. The Morgan fingerprint density at radius 2 is 2.14 bits per heavy atom. The fourth-order valence-corrected chi connectivity index (χ4v) is 3.35. The van der Waals surface area contributed by atoms with Gasteiger partial charge in [-0.1, -0.05) is 19.3 Å². The van der Waals surface area contributed by atoms with Crippen molar-refractivity contribution in [1.29, 1.82) is 0 Å². The Hall–Kier alpha value is -1.49. The second-order valence-electron chi connectivity index (χ2n) is 6.90. The number of carbonyl (C=O) groups is 1. The number of hydrogen-bond donors (Lipinski definition) is 2. The van der Waals surface area contributed by atoms with Gasteiger partial charge in [-0.3, -0.25) is 4.79 Å². The molecule has 22 heavy (non-hydrogen) atoms. The summed E-state index contributed by atoms with van der Waals surface area (Å²) in [5, 5.41) is 13.6. The number of carbonyl (C=O) groups excluding carboxylic acids is 1. The van der Waals surface area contributed by atoms with E-state index in [9.17, 15) is 9.90 Å². The van der Waals surface area contributed by atoms with E-state index in [-0.39, 0.29) is 18.4 Å². The molecule has 0 bridgehead atoms. The number of aromatic nitrogens is 2. The van der Waals surface area contributed by atoms with E-state index < -0.39 is 5.60 Å². The molecule has 0 spiro atoms. The molecule has 5 nitrogen and oxygen atoms in total. The Kier molecular flexibility index (Phi) is 4.43. The molecular weight excluding hydrogens is 278 g/mol. The highest BCUT2D eigenvalue weighted by atomic mass is 16.3.